The molecule has 0 aliphatic carbocycles. The molecule has 0 radical (unpaired) electrons. The average molecular weight is 219 g/mol. The molecule has 14 heavy (non-hydrogen) atoms. The van der Waals surface area contributed by atoms with Crippen molar-refractivity contribution in [1.82, 2.24) is 0 Å². The molecule has 1 aromatic carbocycles. The second-order valence-electron chi connectivity index (χ2n) is 3.09. The van der Waals surface area contributed by atoms with Crippen molar-refractivity contribution in [3.05, 3.63) is 28.5 Å². The summed E-state index contributed by atoms with van der Waals surface area (Å²) in [4.78, 5) is 0. The summed E-state index contributed by atoms with van der Waals surface area (Å²) >= 11 is 5.87. The standard InChI is InChI=1S/C10H12ClFO2/c1-6(13)5-7-8(11)3-4-9(12)10(7)14-2/h3-4,6,13H,5H2,1-2H3. The SMILES string of the molecule is COc1c(F)ccc(Cl)c1CC(C)O. The van der Waals surface area contributed by atoms with Crippen molar-refractivity contribution < 1.29 is 14.2 Å². The van der Waals surface area contributed by atoms with Crippen LogP contribution in [0.4, 0.5) is 4.39 Å². The topological polar surface area (TPSA) is 29.5 Å². The number of rotatable bonds is 3. The van der Waals surface area contributed by atoms with Crippen molar-refractivity contribution in [3.63, 3.8) is 0 Å². The summed E-state index contributed by atoms with van der Waals surface area (Å²) in [6.45, 7) is 1.61. The largest absolute Gasteiger partial charge is 0.493 e. The maximum absolute atomic E-state index is 13.2. The third-order valence-corrected chi connectivity index (χ3v) is 2.21. The zero-order valence-electron chi connectivity index (χ0n) is 8.05. The van der Waals surface area contributed by atoms with Gasteiger partial charge in [0, 0.05) is 17.0 Å². The van der Waals surface area contributed by atoms with Gasteiger partial charge in [-0.05, 0) is 19.1 Å². The number of hydrogen-bond acceptors (Lipinski definition) is 2. The van der Waals surface area contributed by atoms with Crippen LogP contribution < -0.4 is 4.74 Å². The Labute approximate surface area is 87.3 Å². The molecule has 1 N–H and O–H groups in total. The molecule has 1 rings (SSSR count). The van der Waals surface area contributed by atoms with E-state index < -0.39 is 11.9 Å². The maximum atomic E-state index is 13.2. The van der Waals surface area contributed by atoms with Crippen molar-refractivity contribution in [2.24, 2.45) is 0 Å². The summed E-state index contributed by atoms with van der Waals surface area (Å²) in [7, 11) is 1.38. The number of aliphatic hydroxyl groups excluding tert-OH is 1. The lowest BCUT2D eigenvalue weighted by Gasteiger charge is -2.12. The molecule has 0 aliphatic heterocycles. The molecular weight excluding hydrogens is 207 g/mol. The van der Waals surface area contributed by atoms with Gasteiger partial charge in [0.1, 0.15) is 0 Å². The van der Waals surface area contributed by atoms with Crippen molar-refractivity contribution in [1.29, 1.82) is 0 Å². The highest BCUT2D eigenvalue weighted by Gasteiger charge is 2.14. The predicted molar refractivity (Wildman–Crippen MR) is 53.3 cm³/mol. The molecule has 0 fully saturated rings. The van der Waals surface area contributed by atoms with Crippen LogP contribution in [-0.4, -0.2) is 18.3 Å². The first-order chi connectivity index (χ1) is 6.56. The van der Waals surface area contributed by atoms with Crippen molar-refractivity contribution in [2.75, 3.05) is 7.11 Å². The molecule has 1 aromatic rings. The molecule has 0 aromatic heterocycles. The van der Waals surface area contributed by atoms with E-state index in [-0.39, 0.29) is 12.2 Å². The molecular formula is C10H12ClFO2. The normalized spacial score (nSPS) is 12.6. The molecule has 1 atom stereocenters. The minimum atomic E-state index is -0.580. The second-order valence-corrected chi connectivity index (χ2v) is 3.50. The molecule has 0 saturated heterocycles. The Balaban J connectivity index is 3.16. The summed E-state index contributed by atoms with van der Waals surface area (Å²) in [5, 5.41) is 9.61. The van der Waals surface area contributed by atoms with E-state index in [2.05, 4.69) is 0 Å². The van der Waals surface area contributed by atoms with Crippen LogP contribution in [0.25, 0.3) is 0 Å². The molecule has 2 nitrogen and oxygen atoms in total. The van der Waals surface area contributed by atoms with E-state index in [0.29, 0.717) is 10.6 Å². The zero-order chi connectivity index (χ0) is 10.7. The van der Waals surface area contributed by atoms with E-state index in [1.54, 1.807) is 6.92 Å². The Morgan fingerprint density at radius 1 is 1.57 bits per heavy atom. The van der Waals surface area contributed by atoms with E-state index in [4.69, 9.17) is 16.3 Å². The van der Waals surface area contributed by atoms with Gasteiger partial charge in [-0.3, -0.25) is 0 Å². The number of halogens is 2. The van der Waals surface area contributed by atoms with Crippen LogP contribution in [0, 0.1) is 5.82 Å². The van der Waals surface area contributed by atoms with Crippen LogP contribution in [-0.2, 0) is 6.42 Å². The number of aliphatic hydroxyl groups is 1. The third-order valence-electron chi connectivity index (χ3n) is 1.86. The van der Waals surface area contributed by atoms with E-state index >= 15 is 0 Å². The highest BCUT2D eigenvalue weighted by atomic mass is 35.5. The minimum Gasteiger partial charge on any atom is -0.493 e. The van der Waals surface area contributed by atoms with Gasteiger partial charge < -0.3 is 9.84 Å². The number of hydrogen-bond donors (Lipinski definition) is 1. The fourth-order valence-corrected chi connectivity index (χ4v) is 1.51. The number of methoxy groups -OCH3 is 1. The summed E-state index contributed by atoms with van der Waals surface area (Å²) in [6.07, 6.45) is -0.303. The van der Waals surface area contributed by atoms with E-state index in [1.165, 1.54) is 19.2 Å². The third kappa shape index (κ3) is 2.36. The number of ether oxygens (including phenoxy) is 1. The molecule has 0 saturated carbocycles. The summed E-state index contributed by atoms with van der Waals surface area (Å²) in [5.74, 6) is -0.356. The maximum Gasteiger partial charge on any atom is 0.165 e. The van der Waals surface area contributed by atoms with Gasteiger partial charge in [-0.15, -0.1) is 0 Å². The van der Waals surface area contributed by atoms with Gasteiger partial charge in [0.15, 0.2) is 11.6 Å². The molecule has 0 spiro atoms. The average Bonchev–Trinajstić information content (AvgIpc) is 2.11. The highest BCUT2D eigenvalue weighted by molar-refractivity contribution is 6.31. The van der Waals surface area contributed by atoms with E-state index in [0.717, 1.165) is 0 Å². The summed E-state index contributed by atoms with van der Waals surface area (Å²) in [6, 6.07) is 2.70. The van der Waals surface area contributed by atoms with Gasteiger partial charge >= 0.3 is 0 Å². The van der Waals surface area contributed by atoms with Gasteiger partial charge in [-0.2, -0.15) is 0 Å². The fourth-order valence-electron chi connectivity index (χ4n) is 1.28. The second kappa shape index (κ2) is 4.62. The van der Waals surface area contributed by atoms with Crippen LogP contribution in [0.1, 0.15) is 12.5 Å². The minimum absolute atomic E-state index is 0.110. The van der Waals surface area contributed by atoms with Crippen LogP contribution in [0.3, 0.4) is 0 Å². The van der Waals surface area contributed by atoms with Crippen LogP contribution in [0.15, 0.2) is 12.1 Å². The van der Waals surface area contributed by atoms with E-state index in [1.807, 2.05) is 0 Å². The van der Waals surface area contributed by atoms with Crippen molar-refractivity contribution in [3.8, 4) is 5.75 Å². The molecule has 0 aliphatic rings. The van der Waals surface area contributed by atoms with Crippen LogP contribution in [0.5, 0.6) is 5.75 Å². The van der Waals surface area contributed by atoms with Gasteiger partial charge in [0.2, 0.25) is 0 Å². The van der Waals surface area contributed by atoms with Crippen LogP contribution in [0.2, 0.25) is 5.02 Å². The Hall–Kier alpha value is -0.800. The Bertz CT molecular complexity index is 326. The smallest absolute Gasteiger partial charge is 0.165 e. The zero-order valence-corrected chi connectivity index (χ0v) is 8.81. The summed E-state index contributed by atoms with van der Waals surface area (Å²) < 4.78 is 18.1. The predicted octanol–water partition coefficient (Wildman–Crippen LogP) is 2.41. The van der Waals surface area contributed by atoms with Crippen LogP contribution >= 0.6 is 11.6 Å². The van der Waals surface area contributed by atoms with Gasteiger partial charge in [-0.1, -0.05) is 11.6 Å². The lowest BCUT2D eigenvalue weighted by molar-refractivity contribution is 0.194. The first-order valence-electron chi connectivity index (χ1n) is 4.25. The lowest BCUT2D eigenvalue weighted by Crippen LogP contribution is -2.07. The highest BCUT2D eigenvalue weighted by Crippen LogP contribution is 2.30. The molecule has 0 heterocycles. The molecule has 0 amide bonds. The molecule has 1 unspecified atom stereocenters. The van der Waals surface area contributed by atoms with E-state index in [9.17, 15) is 9.50 Å². The Kier molecular flexibility index (Phi) is 3.72. The molecule has 78 valence electrons. The van der Waals surface area contributed by atoms with Gasteiger partial charge in [0.05, 0.1) is 13.2 Å². The van der Waals surface area contributed by atoms with Crippen molar-refractivity contribution in [2.45, 2.75) is 19.4 Å². The molecule has 0 bridgehead atoms. The Morgan fingerprint density at radius 2 is 2.21 bits per heavy atom. The fraction of sp³-hybridized carbons (Fsp3) is 0.400. The first kappa shape index (κ1) is 11.3. The van der Waals surface area contributed by atoms with Gasteiger partial charge in [0.25, 0.3) is 0 Å². The first-order valence-corrected chi connectivity index (χ1v) is 4.63. The quantitative estimate of drug-likeness (QED) is 0.844. The Morgan fingerprint density at radius 3 is 2.71 bits per heavy atom. The summed E-state index contributed by atoms with van der Waals surface area (Å²) in [5.41, 5.74) is 0.504. The van der Waals surface area contributed by atoms with Crippen molar-refractivity contribution >= 4 is 11.6 Å². The lowest BCUT2D eigenvalue weighted by atomic mass is 10.1. The number of benzene rings is 1. The monoisotopic (exact) mass is 218 g/mol. The molecule has 4 heteroatoms. The van der Waals surface area contributed by atoms with Gasteiger partial charge in [-0.25, -0.2) is 4.39 Å².